The molecule has 0 radical (unpaired) electrons. The van der Waals surface area contributed by atoms with Crippen molar-refractivity contribution >= 4 is 15.5 Å². The lowest BCUT2D eigenvalue weighted by Gasteiger charge is -2.13. The Balaban J connectivity index is 1.65. The van der Waals surface area contributed by atoms with Crippen LogP contribution in [0.3, 0.4) is 0 Å². The van der Waals surface area contributed by atoms with Crippen molar-refractivity contribution in [2.75, 3.05) is 27.4 Å². The molecule has 11 nitrogen and oxygen atoms in total. The number of aryl methyl sites for hydroxylation is 2. The van der Waals surface area contributed by atoms with E-state index in [-0.39, 0.29) is 22.8 Å². The summed E-state index contributed by atoms with van der Waals surface area (Å²) in [4.78, 5) is 20.5. The number of hydrogen-bond donors (Lipinski definition) is 2. The third-order valence-electron chi connectivity index (χ3n) is 6.72. The first-order chi connectivity index (χ1) is 19.7. The van der Waals surface area contributed by atoms with E-state index in [9.17, 15) is 13.2 Å². The molecular formula is C29H37N5O6S. The van der Waals surface area contributed by atoms with Crippen LogP contribution < -0.4 is 24.5 Å². The smallest absolute Gasteiger partial charge is 0.277 e. The molecule has 2 aromatic carbocycles. The molecule has 0 atom stereocenters. The van der Waals surface area contributed by atoms with Gasteiger partial charge in [0.15, 0.2) is 22.8 Å². The van der Waals surface area contributed by atoms with Crippen molar-refractivity contribution in [3.63, 3.8) is 0 Å². The molecule has 2 N–H and O–H groups in total. The standard InChI is InChI=1S/C29H37N5O6S/c1-6-8-9-10-26-31-19(3)27-29(35)32-28(33-34(26)27)22-18-21(12-14-23(22)40-7-2)41(36,37)30-16-15-20-11-13-24(38-4)25(17-20)39-5/h11-14,17-18,30H,6-10,15-16H2,1-5H3,(H,32,33,35). The Morgan fingerprint density at radius 3 is 2.44 bits per heavy atom. The first kappa shape index (κ1) is 30.1. The van der Waals surface area contributed by atoms with E-state index in [1.54, 1.807) is 37.8 Å². The second kappa shape index (κ2) is 13.2. The van der Waals surface area contributed by atoms with Gasteiger partial charge in [-0.1, -0.05) is 25.8 Å². The number of benzene rings is 2. The fraction of sp³-hybridized carbons (Fsp3) is 0.414. The van der Waals surface area contributed by atoms with E-state index in [0.29, 0.717) is 59.3 Å². The van der Waals surface area contributed by atoms with Gasteiger partial charge in [-0.3, -0.25) is 4.79 Å². The highest BCUT2D eigenvalue weighted by molar-refractivity contribution is 7.89. The maximum absolute atomic E-state index is 13.3. The average Bonchev–Trinajstić information content (AvgIpc) is 3.28. The van der Waals surface area contributed by atoms with Crippen LogP contribution in [0.15, 0.2) is 46.1 Å². The van der Waals surface area contributed by atoms with Crippen molar-refractivity contribution in [3.05, 3.63) is 63.8 Å². The summed E-state index contributed by atoms with van der Waals surface area (Å²) in [6.45, 7) is 6.24. The predicted molar refractivity (Wildman–Crippen MR) is 157 cm³/mol. The second-order valence-electron chi connectivity index (χ2n) is 9.56. The Bertz CT molecular complexity index is 1680. The minimum atomic E-state index is -3.89. The van der Waals surface area contributed by atoms with E-state index in [1.165, 1.54) is 12.1 Å². The van der Waals surface area contributed by atoms with Crippen LogP contribution >= 0.6 is 0 Å². The van der Waals surface area contributed by atoms with Gasteiger partial charge in [0.2, 0.25) is 10.0 Å². The predicted octanol–water partition coefficient (Wildman–Crippen LogP) is 4.06. The Kier molecular flexibility index (Phi) is 9.66. The summed E-state index contributed by atoms with van der Waals surface area (Å²) in [6.07, 6.45) is 4.14. The van der Waals surface area contributed by atoms with Crippen molar-refractivity contribution in [2.24, 2.45) is 0 Å². The lowest BCUT2D eigenvalue weighted by Crippen LogP contribution is -2.26. The zero-order chi connectivity index (χ0) is 29.6. The molecule has 0 spiro atoms. The normalized spacial score (nSPS) is 11.6. The average molecular weight is 584 g/mol. The summed E-state index contributed by atoms with van der Waals surface area (Å²) in [5.74, 6) is 2.47. The quantitative estimate of drug-likeness (QED) is 0.212. The summed E-state index contributed by atoms with van der Waals surface area (Å²) >= 11 is 0. The number of sulfonamides is 1. The monoisotopic (exact) mass is 583 g/mol. The molecule has 0 unspecified atom stereocenters. The number of unbranched alkanes of at least 4 members (excludes halogenated alkanes) is 2. The minimum Gasteiger partial charge on any atom is -0.493 e. The summed E-state index contributed by atoms with van der Waals surface area (Å²) < 4.78 is 47.2. The van der Waals surface area contributed by atoms with E-state index in [0.717, 1.165) is 24.8 Å². The third-order valence-corrected chi connectivity index (χ3v) is 8.18. The minimum absolute atomic E-state index is 0.0241. The summed E-state index contributed by atoms with van der Waals surface area (Å²) in [5.41, 5.74) is 1.86. The van der Waals surface area contributed by atoms with E-state index >= 15 is 0 Å². The van der Waals surface area contributed by atoms with Crippen molar-refractivity contribution < 1.29 is 22.6 Å². The van der Waals surface area contributed by atoms with Crippen LogP contribution in [-0.2, 0) is 22.9 Å². The highest BCUT2D eigenvalue weighted by Gasteiger charge is 2.21. The number of nitrogens with one attached hydrogen (secondary N) is 2. The fourth-order valence-electron chi connectivity index (χ4n) is 4.64. The van der Waals surface area contributed by atoms with E-state index in [2.05, 4.69) is 26.7 Å². The number of H-pyrrole nitrogens is 1. The number of fused-ring (bicyclic) bond motifs is 1. The molecule has 0 saturated heterocycles. The van der Waals surface area contributed by atoms with Gasteiger partial charge in [0.25, 0.3) is 5.56 Å². The third kappa shape index (κ3) is 6.71. The summed E-state index contributed by atoms with van der Waals surface area (Å²) in [7, 11) is -0.784. The van der Waals surface area contributed by atoms with Crippen LogP contribution in [0.5, 0.6) is 17.2 Å². The zero-order valence-electron chi connectivity index (χ0n) is 24.1. The largest absolute Gasteiger partial charge is 0.493 e. The molecule has 0 amide bonds. The van der Waals surface area contributed by atoms with E-state index in [1.807, 2.05) is 19.1 Å². The Morgan fingerprint density at radius 1 is 0.976 bits per heavy atom. The van der Waals surface area contributed by atoms with Crippen LogP contribution in [0.2, 0.25) is 0 Å². The fourth-order valence-corrected chi connectivity index (χ4v) is 5.70. The van der Waals surface area contributed by atoms with Gasteiger partial charge in [-0.05, 0) is 62.6 Å². The topological polar surface area (TPSA) is 137 Å². The number of aromatic nitrogens is 4. The molecule has 2 aromatic heterocycles. The summed E-state index contributed by atoms with van der Waals surface area (Å²) in [6, 6.07) is 9.97. The van der Waals surface area contributed by atoms with Crippen LogP contribution in [0, 0.1) is 6.92 Å². The van der Waals surface area contributed by atoms with Gasteiger partial charge in [0.1, 0.15) is 11.6 Å². The number of imidazole rings is 1. The van der Waals surface area contributed by atoms with Gasteiger partial charge >= 0.3 is 0 Å². The molecule has 0 fully saturated rings. The van der Waals surface area contributed by atoms with E-state index in [4.69, 9.17) is 14.2 Å². The number of nitrogens with zero attached hydrogens (tertiary/aromatic N) is 3. The van der Waals surface area contributed by atoms with Crippen LogP contribution in [-0.4, -0.2) is 55.4 Å². The number of hydrogen-bond acceptors (Lipinski definition) is 8. The molecule has 12 heteroatoms. The molecule has 0 aliphatic carbocycles. The number of methoxy groups -OCH3 is 2. The van der Waals surface area contributed by atoms with Crippen molar-refractivity contribution in [2.45, 2.75) is 57.8 Å². The molecule has 0 saturated carbocycles. The Labute approximate surface area is 239 Å². The molecule has 220 valence electrons. The molecule has 4 aromatic rings. The van der Waals surface area contributed by atoms with Gasteiger partial charge in [-0.15, -0.1) is 5.10 Å². The Morgan fingerprint density at radius 2 is 1.73 bits per heavy atom. The molecule has 0 aliphatic rings. The Hall–Kier alpha value is -3.90. The molecule has 0 aliphatic heterocycles. The highest BCUT2D eigenvalue weighted by atomic mass is 32.2. The number of ether oxygens (including phenoxy) is 3. The van der Waals surface area contributed by atoms with Gasteiger partial charge in [-0.25, -0.2) is 22.6 Å². The van der Waals surface area contributed by atoms with E-state index < -0.39 is 10.0 Å². The molecular weight excluding hydrogens is 546 g/mol. The number of rotatable bonds is 14. The maximum atomic E-state index is 13.3. The molecule has 4 rings (SSSR count). The van der Waals surface area contributed by atoms with Crippen molar-refractivity contribution in [3.8, 4) is 28.6 Å². The first-order valence-electron chi connectivity index (χ1n) is 13.7. The first-order valence-corrected chi connectivity index (χ1v) is 15.2. The second-order valence-corrected chi connectivity index (χ2v) is 11.3. The maximum Gasteiger partial charge on any atom is 0.277 e. The number of aromatic amines is 1. The zero-order valence-corrected chi connectivity index (χ0v) is 24.9. The molecule has 2 heterocycles. The van der Waals surface area contributed by atoms with Gasteiger partial charge in [-0.2, -0.15) is 0 Å². The SMILES string of the molecule is CCCCCc1nc(C)c2c(=O)[nH]c(-c3cc(S(=O)(=O)NCCc4ccc(OC)c(OC)c4)ccc3OCC)nn12. The van der Waals surface area contributed by atoms with Gasteiger partial charge in [0.05, 0.1) is 37.0 Å². The molecule has 41 heavy (non-hydrogen) atoms. The van der Waals surface area contributed by atoms with Gasteiger partial charge < -0.3 is 19.2 Å². The lowest BCUT2D eigenvalue weighted by atomic mass is 10.1. The van der Waals surface area contributed by atoms with Crippen molar-refractivity contribution in [1.29, 1.82) is 0 Å². The van der Waals surface area contributed by atoms with Crippen LogP contribution in [0.4, 0.5) is 0 Å². The van der Waals surface area contributed by atoms with Crippen molar-refractivity contribution in [1.82, 2.24) is 24.3 Å². The summed E-state index contributed by atoms with van der Waals surface area (Å²) in [5, 5.41) is 4.69. The molecule has 0 bridgehead atoms. The van der Waals surface area contributed by atoms with Crippen LogP contribution in [0.1, 0.15) is 50.2 Å². The van der Waals surface area contributed by atoms with Crippen LogP contribution in [0.25, 0.3) is 16.9 Å². The lowest BCUT2D eigenvalue weighted by molar-refractivity contribution is 0.341. The van der Waals surface area contributed by atoms with Gasteiger partial charge in [0, 0.05) is 13.0 Å². The highest BCUT2D eigenvalue weighted by Crippen LogP contribution is 2.31.